The highest BCUT2D eigenvalue weighted by Gasteiger charge is 2.35. The number of urea groups is 1. The lowest BCUT2D eigenvalue weighted by atomic mass is 9.98. The van der Waals surface area contributed by atoms with E-state index in [1.807, 2.05) is 0 Å². The van der Waals surface area contributed by atoms with Crippen molar-refractivity contribution in [1.82, 2.24) is 10.2 Å². The summed E-state index contributed by atoms with van der Waals surface area (Å²) in [5.41, 5.74) is 0.0645. The Balaban J connectivity index is 1.63. The van der Waals surface area contributed by atoms with Crippen molar-refractivity contribution in [3.8, 4) is 5.75 Å². The summed E-state index contributed by atoms with van der Waals surface area (Å²) in [6.45, 7) is -0.196. The van der Waals surface area contributed by atoms with Gasteiger partial charge in [-0.05, 0) is 36.8 Å². The monoisotopic (exact) mass is 631 g/mol. The first-order valence-corrected chi connectivity index (χ1v) is 14.0. The molecule has 3 aromatic carbocycles. The first-order valence-electron chi connectivity index (χ1n) is 12.1. The summed E-state index contributed by atoms with van der Waals surface area (Å²) in [7, 11) is -3.33. The van der Waals surface area contributed by atoms with Gasteiger partial charge in [-0.1, -0.05) is 17.7 Å². The van der Waals surface area contributed by atoms with Crippen LogP contribution >= 0.6 is 19.4 Å². The third-order valence-electron chi connectivity index (χ3n) is 6.58. The molecule has 3 N–H and O–H groups in total. The predicted molar refractivity (Wildman–Crippen MR) is 142 cm³/mol. The zero-order chi connectivity index (χ0) is 30.9. The van der Waals surface area contributed by atoms with Crippen LogP contribution in [-0.4, -0.2) is 40.5 Å². The van der Waals surface area contributed by atoms with Crippen LogP contribution in [0.2, 0.25) is 5.02 Å². The molecule has 1 unspecified atom stereocenters. The molecule has 0 saturated heterocycles. The molecule has 0 aromatic heterocycles. The smallest absolute Gasteiger partial charge is 0.465 e. The minimum absolute atomic E-state index is 0.00414. The largest absolute Gasteiger partial charge is 0.472 e. The van der Waals surface area contributed by atoms with Crippen LogP contribution in [-0.2, 0) is 22.2 Å². The summed E-state index contributed by atoms with van der Waals surface area (Å²) >= 11 is 6.32. The van der Waals surface area contributed by atoms with E-state index in [-0.39, 0.29) is 27.6 Å². The van der Waals surface area contributed by atoms with Crippen molar-refractivity contribution >= 4 is 37.0 Å². The second-order valence-electron chi connectivity index (χ2n) is 9.18. The van der Waals surface area contributed by atoms with Gasteiger partial charge in [0.25, 0.3) is 5.91 Å². The first kappa shape index (κ1) is 31.3. The van der Waals surface area contributed by atoms with Crippen molar-refractivity contribution in [3.05, 3.63) is 93.0 Å². The predicted octanol–water partition coefficient (Wildman–Crippen LogP) is 5.41. The van der Waals surface area contributed by atoms with Crippen molar-refractivity contribution in [1.29, 1.82) is 0 Å². The minimum atomic E-state index is -4.85. The topological polar surface area (TPSA) is 129 Å². The van der Waals surface area contributed by atoms with Gasteiger partial charge in [0.05, 0.1) is 23.3 Å². The van der Waals surface area contributed by atoms with E-state index in [1.165, 1.54) is 24.1 Å². The van der Waals surface area contributed by atoms with Gasteiger partial charge in [0.2, 0.25) is 0 Å². The quantitative estimate of drug-likeness (QED) is 0.164. The van der Waals surface area contributed by atoms with Crippen LogP contribution in [0.3, 0.4) is 0 Å². The van der Waals surface area contributed by atoms with E-state index in [0.717, 1.165) is 17.0 Å². The molecule has 42 heavy (non-hydrogen) atoms. The number of phosphoric acid groups is 1. The standard InChI is InChI=1S/C26H23ClF4N3O7P/c1-13-16-4-3-14(25(35)32-10-17-20(30)8-15(28)9-21(17)31)7-22(16)34(26(36)33(13)2)11-18-19(29)5-6-23(24(18)27)40-12-41-42(37,38)39/h3-9,13H,10-12H2,1-2H3,(H,32,35)(H2,37,38,39). The maximum absolute atomic E-state index is 14.9. The SMILES string of the molecule is CC1c2ccc(C(=O)NCc3c(F)cc(F)cc3F)cc2N(Cc2c(F)ccc(OCOP(=O)(O)O)c2Cl)C(=O)N1C. The van der Waals surface area contributed by atoms with E-state index in [1.54, 1.807) is 13.0 Å². The second-order valence-corrected chi connectivity index (χ2v) is 10.8. The fourth-order valence-corrected chi connectivity index (χ4v) is 4.71. The van der Waals surface area contributed by atoms with Crippen LogP contribution in [0.15, 0.2) is 42.5 Å². The van der Waals surface area contributed by atoms with Crippen LogP contribution in [0.4, 0.5) is 28.0 Å². The van der Waals surface area contributed by atoms with Gasteiger partial charge < -0.3 is 24.7 Å². The number of hydrogen-bond acceptors (Lipinski definition) is 5. The molecule has 1 aliphatic rings. The maximum Gasteiger partial charge on any atom is 0.472 e. The molecule has 3 aromatic rings. The number of hydrogen-bond donors (Lipinski definition) is 3. The molecule has 0 bridgehead atoms. The molecular weight excluding hydrogens is 609 g/mol. The molecule has 0 spiro atoms. The van der Waals surface area contributed by atoms with Gasteiger partial charge in [0.1, 0.15) is 29.0 Å². The number of halogens is 5. The van der Waals surface area contributed by atoms with Gasteiger partial charge in [0, 0.05) is 42.4 Å². The van der Waals surface area contributed by atoms with Crippen LogP contribution in [0.1, 0.15) is 40.0 Å². The second kappa shape index (κ2) is 12.3. The summed E-state index contributed by atoms with van der Waals surface area (Å²) in [5, 5.41) is 2.06. The number of carbonyl (C=O) groups excluding carboxylic acids is 2. The van der Waals surface area contributed by atoms with Crippen LogP contribution < -0.4 is 15.0 Å². The van der Waals surface area contributed by atoms with Gasteiger partial charge >= 0.3 is 13.9 Å². The van der Waals surface area contributed by atoms with E-state index in [4.69, 9.17) is 26.1 Å². The highest BCUT2D eigenvalue weighted by Crippen LogP contribution is 2.40. The number of fused-ring (bicyclic) bond motifs is 1. The van der Waals surface area contributed by atoms with Crippen molar-refractivity contribution < 1.29 is 50.8 Å². The normalized spacial score (nSPS) is 15.1. The number of benzene rings is 3. The molecule has 1 atom stereocenters. The fourth-order valence-electron chi connectivity index (χ4n) is 4.25. The molecule has 0 saturated carbocycles. The molecule has 0 aliphatic carbocycles. The molecule has 0 radical (unpaired) electrons. The summed E-state index contributed by atoms with van der Waals surface area (Å²) < 4.78 is 76.4. The molecule has 1 heterocycles. The van der Waals surface area contributed by atoms with E-state index >= 15 is 0 Å². The number of phosphoric ester groups is 1. The molecule has 0 fully saturated rings. The van der Waals surface area contributed by atoms with Gasteiger partial charge in [-0.15, -0.1) is 0 Å². The van der Waals surface area contributed by atoms with Crippen LogP contribution in [0, 0.1) is 23.3 Å². The van der Waals surface area contributed by atoms with Gasteiger partial charge in [-0.3, -0.25) is 9.69 Å². The third-order valence-corrected chi connectivity index (χ3v) is 7.44. The molecule has 224 valence electrons. The van der Waals surface area contributed by atoms with Crippen molar-refractivity contribution in [2.45, 2.75) is 26.1 Å². The molecule has 4 rings (SSSR count). The van der Waals surface area contributed by atoms with E-state index in [9.17, 15) is 31.7 Å². The van der Waals surface area contributed by atoms with E-state index < -0.39 is 74.5 Å². The summed E-state index contributed by atoms with van der Waals surface area (Å²) in [6.07, 6.45) is 0. The Bertz CT molecular complexity index is 1580. The van der Waals surface area contributed by atoms with Crippen LogP contribution in [0.25, 0.3) is 0 Å². The number of ether oxygens (including phenoxy) is 1. The zero-order valence-electron chi connectivity index (χ0n) is 21.9. The molecule has 3 amide bonds. The maximum atomic E-state index is 14.9. The Morgan fingerprint density at radius 1 is 1.05 bits per heavy atom. The molecule has 16 heteroatoms. The number of nitrogens with zero attached hydrogens (tertiary/aromatic N) is 2. The Labute approximate surface area is 241 Å². The van der Waals surface area contributed by atoms with Crippen molar-refractivity contribution in [2.75, 3.05) is 18.7 Å². The highest BCUT2D eigenvalue weighted by atomic mass is 35.5. The lowest BCUT2D eigenvalue weighted by Crippen LogP contribution is -2.46. The Morgan fingerprint density at radius 2 is 1.71 bits per heavy atom. The number of amides is 3. The first-order chi connectivity index (χ1) is 19.7. The Morgan fingerprint density at radius 3 is 2.36 bits per heavy atom. The minimum Gasteiger partial charge on any atom is -0.465 e. The highest BCUT2D eigenvalue weighted by molar-refractivity contribution is 7.46. The van der Waals surface area contributed by atoms with Crippen molar-refractivity contribution in [2.24, 2.45) is 0 Å². The van der Waals surface area contributed by atoms with Gasteiger partial charge in [-0.2, -0.15) is 0 Å². The molecule has 1 aliphatic heterocycles. The Kier molecular flexibility index (Phi) is 9.14. The average molecular weight is 632 g/mol. The number of nitrogens with one attached hydrogen (secondary N) is 1. The Hall–Kier alpha value is -3.68. The summed E-state index contributed by atoms with van der Waals surface area (Å²) in [4.78, 5) is 46.4. The summed E-state index contributed by atoms with van der Waals surface area (Å²) in [5.74, 6) is -5.22. The summed E-state index contributed by atoms with van der Waals surface area (Å²) in [6, 6.07) is 6.39. The average Bonchev–Trinajstić information content (AvgIpc) is 2.91. The van der Waals surface area contributed by atoms with Crippen molar-refractivity contribution in [3.63, 3.8) is 0 Å². The lowest BCUT2D eigenvalue weighted by Gasteiger charge is -2.40. The van der Waals surface area contributed by atoms with E-state index in [2.05, 4.69) is 9.84 Å². The third kappa shape index (κ3) is 6.69. The van der Waals surface area contributed by atoms with E-state index in [0.29, 0.717) is 17.7 Å². The molecule has 10 nitrogen and oxygen atoms in total. The van der Waals surface area contributed by atoms with Gasteiger partial charge in [-0.25, -0.2) is 31.4 Å². The fraction of sp³-hybridized carbons (Fsp3) is 0.231. The lowest BCUT2D eigenvalue weighted by molar-refractivity contribution is 0.0827. The number of carbonyl (C=O) groups is 2. The van der Waals surface area contributed by atoms with Crippen LogP contribution in [0.5, 0.6) is 5.75 Å². The molecular formula is C26H23ClF4N3O7P. The number of rotatable bonds is 9. The number of anilines is 1. The van der Waals surface area contributed by atoms with Gasteiger partial charge in [0.15, 0.2) is 6.79 Å². The zero-order valence-corrected chi connectivity index (χ0v) is 23.6.